The Hall–Kier alpha value is -3.16. The van der Waals surface area contributed by atoms with E-state index >= 15 is 0 Å². The lowest BCUT2D eigenvalue weighted by Crippen LogP contribution is -2.49. The zero-order chi connectivity index (χ0) is 20.2. The molecular formula is C21H26N6O2. The summed E-state index contributed by atoms with van der Waals surface area (Å²) in [4.78, 5) is 21.5. The largest absolute Gasteiger partial charge is 0.497 e. The average Bonchev–Trinajstić information content (AvgIpc) is 3.23. The number of piperazine rings is 1. The first-order valence-corrected chi connectivity index (χ1v) is 10.0. The molecule has 0 spiro atoms. The van der Waals surface area contributed by atoms with Crippen molar-refractivity contribution >= 4 is 17.5 Å². The van der Waals surface area contributed by atoms with E-state index in [4.69, 9.17) is 4.74 Å². The van der Waals surface area contributed by atoms with Crippen LogP contribution >= 0.6 is 0 Å². The first kappa shape index (κ1) is 19.2. The summed E-state index contributed by atoms with van der Waals surface area (Å²) in [5.41, 5.74) is 2.13. The molecule has 1 aromatic carbocycles. The minimum Gasteiger partial charge on any atom is -0.497 e. The second kappa shape index (κ2) is 8.46. The van der Waals surface area contributed by atoms with E-state index in [0.717, 1.165) is 48.8 Å². The van der Waals surface area contributed by atoms with Gasteiger partial charge in [0.05, 0.1) is 13.5 Å². The molecule has 0 saturated carbocycles. The predicted molar refractivity (Wildman–Crippen MR) is 110 cm³/mol. The van der Waals surface area contributed by atoms with Gasteiger partial charge in [0.1, 0.15) is 17.9 Å². The number of amides is 1. The zero-order valence-electron chi connectivity index (χ0n) is 16.9. The summed E-state index contributed by atoms with van der Waals surface area (Å²) in [6.45, 7) is 5.04. The second-order valence-electron chi connectivity index (χ2n) is 7.25. The van der Waals surface area contributed by atoms with Crippen LogP contribution in [-0.2, 0) is 17.6 Å². The molecule has 152 valence electrons. The molecule has 1 saturated heterocycles. The van der Waals surface area contributed by atoms with Gasteiger partial charge in [0, 0.05) is 37.9 Å². The molecule has 0 unspecified atom stereocenters. The third-order valence-electron chi connectivity index (χ3n) is 5.30. The molecule has 0 N–H and O–H groups in total. The smallest absolute Gasteiger partial charge is 0.256 e. The molecule has 8 nitrogen and oxygen atoms in total. The van der Waals surface area contributed by atoms with E-state index in [2.05, 4.69) is 33.1 Å². The van der Waals surface area contributed by atoms with Gasteiger partial charge >= 0.3 is 0 Å². The number of hydrogen-bond donors (Lipinski definition) is 0. The molecule has 0 aliphatic carbocycles. The number of hydrogen-bond acceptors (Lipinski definition) is 6. The highest BCUT2D eigenvalue weighted by Crippen LogP contribution is 2.19. The highest BCUT2D eigenvalue weighted by molar-refractivity contribution is 5.79. The summed E-state index contributed by atoms with van der Waals surface area (Å²) >= 11 is 0. The number of benzene rings is 1. The van der Waals surface area contributed by atoms with Crippen LogP contribution in [0.2, 0.25) is 0 Å². The number of anilines is 1. The van der Waals surface area contributed by atoms with Crippen molar-refractivity contribution in [1.82, 2.24) is 24.5 Å². The Balaban J connectivity index is 1.41. The van der Waals surface area contributed by atoms with Crippen molar-refractivity contribution < 1.29 is 9.53 Å². The van der Waals surface area contributed by atoms with Crippen LogP contribution in [0.1, 0.15) is 24.6 Å². The van der Waals surface area contributed by atoms with Crippen molar-refractivity contribution in [3.63, 3.8) is 0 Å². The van der Waals surface area contributed by atoms with E-state index < -0.39 is 0 Å². The lowest BCUT2D eigenvalue weighted by molar-refractivity contribution is -0.130. The standard InChI is InChI=1S/C21H26N6O2/c1-3-5-17-14-19(23-21-24-22-15-27(17)21)25-8-10-26(11-9-25)20(28)13-16-6-4-7-18(12-16)29-2/h4,6-7,12,14-15H,3,5,8-11,13H2,1-2H3. The van der Waals surface area contributed by atoms with Gasteiger partial charge in [-0.1, -0.05) is 25.5 Å². The Bertz CT molecular complexity index is 994. The van der Waals surface area contributed by atoms with Gasteiger partial charge in [-0.25, -0.2) is 0 Å². The number of aromatic nitrogens is 4. The minimum absolute atomic E-state index is 0.144. The van der Waals surface area contributed by atoms with Crippen molar-refractivity contribution in [3.05, 3.63) is 47.9 Å². The number of rotatable bonds is 6. The molecule has 0 atom stereocenters. The molecule has 1 aliphatic rings. The van der Waals surface area contributed by atoms with Gasteiger partial charge in [0.25, 0.3) is 5.78 Å². The van der Waals surface area contributed by atoms with Crippen LogP contribution in [0.5, 0.6) is 5.75 Å². The predicted octanol–water partition coefficient (Wildman–Crippen LogP) is 1.98. The van der Waals surface area contributed by atoms with E-state index in [0.29, 0.717) is 25.3 Å². The van der Waals surface area contributed by atoms with Crippen LogP contribution in [0.25, 0.3) is 5.78 Å². The van der Waals surface area contributed by atoms with Gasteiger partial charge < -0.3 is 14.5 Å². The highest BCUT2D eigenvalue weighted by Gasteiger charge is 2.23. The van der Waals surface area contributed by atoms with E-state index in [-0.39, 0.29) is 5.91 Å². The fourth-order valence-corrected chi connectivity index (χ4v) is 3.73. The summed E-state index contributed by atoms with van der Waals surface area (Å²) in [5.74, 6) is 2.46. The number of aryl methyl sites for hydroxylation is 1. The summed E-state index contributed by atoms with van der Waals surface area (Å²) in [6.07, 6.45) is 4.10. The van der Waals surface area contributed by atoms with Gasteiger partial charge in [-0.15, -0.1) is 10.2 Å². The molecule has 3 heterocycles. The SMILES string of the molecule is CCCc1cc(N2CCN(C(=O)Cc3cccc(OC)c3)CC2)nc2nncn12. The fourth-order valence-electron chi connectivity index (χ4n) is 3.73. The van der Waals surface area contributed by atoms with Crippen LogP contribution < -0.4 is 9.64 Å². The maximum atomic E-state index is 12.7. The Morgan fingerprint density at radius 3 is 2.76 bits per heavy atom. The molecule has 8 heteroatoms. The van der Waals surface area contributed by atoms with Gasteiger partial charge in [0.2, 0.25) is 5.91 Å². The van der Waals surface area contributed by atoms with Crippen LogP contribution in [-0.4, -0.2) is 63.7 Å². The van der Waals surface area contributed by atoms with Crippen molar-refractivity contribution in [2.45, 2.75) is 26.2 Å². The Morgan fingerprint density at radius 1 is 1.17 bits per heavy atom. The minimum atomic E-state index is 0.144. The Kier molecular flexibility index (Phi) is 5.59. The molecule has 4 rings (SSSR count). The third kappa shape index (κ3) is 4.16. The van der Waals surface area contributed by atoms with Gasteiger partial charge in [-0.05, 0) is 24.1 Å². The lowest BCUT2D eigenvalue weighted by Gasteiger charge is -2.35. The normalized spacial score (nSPS) is 14.4. The lowest BCUT2D eigenvalue weighted by atomic mass is 10.1. The maximum absolute atomic E-state index is 12.7. The number of ether oxygens (including phenoxy) is 1. The zero-order valence-corrected chi connectivity index (χ0v) is 16.9. The Morgan fingerprint density at radius 2 is 2.00 bits per heavy atom. The first-order chi connectivity index (χ1) is 14.2. The summed E-state index contributed by atoms with van der Waals surface area (Å²) in [5, 5.41) is 8.11. The maximum Gasteiger partial charge on any atom is 0.256 e. The topological polar surface area (TPSA) is 75.9 Å². The fraction of sp³-hybridized carbons (Fsp3) is 0.429. The van der Waals surface area contributed by atoms with Crippen molar-refractivity contribution in [2.75, 3.05) is 38.2 Å². The number of nitrogens with zero attached hydrogens (tertiary/aromatic N) is 6. The van der Waals surface area contributed by atoms with E-state index in [1.165, 1.54) is 0 Å². The number of fused-ring (bicyclic) bond motifs is 1. The van der Waals surface area contributed by atoms with E-state index in [9.17, 15) is 4.79 Å². The van der Waals surface area contributed by atoms with Crippen LogP contribution in [0.3, 0.4) is 0 Å². The van der Waals surface area contributed by atoms with Crippen LogP contribution in [0, 0.1) is 0 Å². The van der Waals surface area contributed by atoms with Crippen molar-refractivity contribution in [1.29, 1.82) is 0 Å². The van der Waals surface area contributed by atoms with Crippen LogP contribution in [0.4, 0.5) is 5.82 Å². The highest BCUT2D eigenvalue weighted by atomic mass is 16.5. The van der Waals surface area contributed by atoms with Crippen molar-refractivity contribution in [3.8, 4) is 5.75 Å². The van der Waals surface area contributed by atoms with Crippen molar-refractivity contribution in [2.24, 2.45) is 0 Å². The first-order valence-electron chi connectivity index (χ1n) is 10.0. The molecule has 3 aromatic rings. The molecule has 1 fully saturated rings. The van der Waals surface area contributed by atoms with E-state index in [1.807, 2.05) is 33.6 Å². The molecule has 1 aliphatic heterocycles. The van der Waals surface area contributed by atoms with Gasteiger partial charge in [0.15, 0.2) is 0 Å². The van der Waals surface area contributed by atoms with Gasteiger partial charge in [-0.3, -0.25) is 9.20 Å². The number of methoxy groups -OCH3 is 1. The third-order valence-corrected chi connectivity index (χ3v) is 5.30. The van der Waals surface area contributed by atoms with Crippen LogP contribution in [0.15, 0.2) is 36.7 Å². The molecule has 0 bridgehead atoms. The van der Waals surface area contributed by atoms with E-state index in [1.54, 1.807) is 13.4 Å². The molecule has 2 aromatic heterocycles. The molecule has 29 heavy (non-hydrogen) atoms. The molecule has 1 amide bonds. The molecule has 0 radical (unpaired) electrons. The quantitative estimate of drug-likeness (QED) is 0.636. The van der Waals surface area contributed by atoms with Gasteiger partial charge in [-0.2, -0.15) is 4.98 Å². The summed E-state index contributed by atoms with van der Waals surface area (Å²) in [6, 6.07) is 9.80. The summed E-state index contributed by atoms with van der Waals surface area (Å²) < 4.78 is 7.19. The Labute approximate surface area is 170 Å². The average molecular weight is 394 g/mol. The monoisotopic (exact) mass is 394 g/mol. The number of carbonyl (C=O) groups is 1. The molecular weight excluding hydrogens is 368 g/mol. The summed E-state index contributed by atoms with van der Waals surface area (Å²) in [7, 11) is 1.64. The number of carbonyl (C=O) groups excluding carboxylic acids is 1. The second-order valence-corrected chi connectivity index (χ2v) is 7.25.